The monoisotopic (exact) mass is 321 g/mol. The quantitative estimate of drug-likeness (QED) is 0.529. The fourth-order valence-electron chi connectivity index (χ4n) is 1.89. The van der Waals surface area contributed by atoms with E-state index in [9.17, 15) is 0 Å². The lowest BCUT2D eigenvalue weighted by atomic mass is 10.3. The van der Waals surface area contributed by atoms with Crippen molar-refractivity contribution in [2.75, 3.05) is 25.2 Å². The van der Waals surface area contributed by atoms with E-state index in [0.717, 1.165) is 27.8 Å². The number of hydrogen-bond donors (Lipinski definition) is 1. The minimum absolute atomic E-state index is 0.478. The molecule has 110 valence electrons. The molecule has 0 saturated carbocycles. The van der Waals surface area contributed by atoms with Crippen LogP contribution in [-0.2, 0) is 0 Å². The van der Waals surface area contributed by atoms with Crippen molar-refractivity contribution in [3.63, 3.8) is 0 Å². The first-order chi connectivity index (χ1) is 10.2. The number of thioether (sulfide) groups is 1. The van der Waals surface area contributed by atoms with Gasteiger partial charge < -0.3 is 15.2 Å². The molecular formula is C14H15N3O2S2. The Morgan fingerprint density at radius 2 is 1.90 bits per heavy atom. The molecule has 5 nitrogen and oxygen atoms in total. The summed E-state index contributed by atoms with van der Waals surface area (Å²) in [4.78, 5) is 9.62. The van der Waals surface area contributed by atoms with Crippen molar-refractivity contribution in [2.45, 2.75) is 21.5 Å². The molecule has 2 aromatic rings. The van der Waals surface area contributed by atoms with Crippen LogP contribution in [0.1, 0.15) is 6.42 Å². The van der Waals surface area contributed by atoms with Crippen molar-refractivity contribution in [1.82, 2.24) is 9.97 Å². The van der Waals surface area contributed by atoms with Gasteiger partial charge in [-0.3, -0.25) is 0 Å². The van der Waals surface area contributed by atoms with Gasteiger partial charge in [0.25, 0.3) is 0 Å². The molecule has 7 heteroatoms. The molecule has 0 aliphatic carbocycles. The van der Waals surface area contributed by atoms with Gasteiger partial charge in [0, 0.05) is 17.4 Å². The van der Waals surface area contributed by atoms with Crippen molar-refractivity contribution < 1.29 is 9.47 Å². The van der Waals surface area contributed by atoms with Gasteiger partial charge in [0.1, 0.15) is 10.8 Å². The molecular weight excluding hydrogens is 306 g/mol. The number of ether oxygens (including phenoxy) is 2. The van der Waals surface area contributed by atoms with Crippen LogP contribution in [0.15, 0.2) is 39.3 Å². The number of nitrogens with two attached hydrogens (primary N) is 1. The van der Waals surface area contributed by atoms with Crippen molar-refractivity contribution in [3.8, 4) is 11.5 Å². The second-order valence-corrected chi connectivity index (χ2v) is 6.25. The zero-order valence-corrected chi connectivity index (χ0v) is 13.2. The summed E-state index contributed by atoms with van der Waals surface area (Å²) in [6, 6.07) is 7.67. The third-order valence-corrected chi connectivity index (χ3v) is 4.28. The highest BCUT2D eigenvalue weighted by Gasteiger charge is 2.12. The Bertz CT molecular complexity index is 652. The number of fused-ring (bicyclic) bond motifs is 1. The molecule has 0 amide bonds. The van der Waals surface area contributed by atoms with Crippen LogP contribution in [0.25, 0.3) is 0 Å². The largest absolute Gasteiger partial charge is 0.490 e. The first-order valence-corrected chi connectivity index (χ1v) is 8.55. The summed E-state index contributed by atoms with van der Waals surface area (Å²) in [7, 11) is 0. The number of nitrogens with zero attached hydrogens (tertiary/aromatic N) is 2. The molecule has 3 rings (SSSR count). The van der Waals surface area contributed by atoms with Gasteiger partial charge >= 0.3 is 0 Å². The van der Waals surface area contributed by atoms with E-state index in [2.05, 4.69) is 9.97 Å². The number of benzene rings is 1. The second kappa shape index (κ2) is 6.44. The number of nitrogen functional groups attached to an aromatic ring is 1. The van der Waals surface area contributed by atoms with Gasteiger partial charge in [-0.2, -0.15) is 0 Å². The molecule has 0 spiro atoms. The summed E-state index contributed by atoms with van der Waals surface area (Å²) in [5, 5.41) is 1.49. The van der Waals surface area contributed by atoms with E-state index in [1.165, 1.54) is 23.5 Å². The van der Waals surface area contributed by atoms with Gasteiger partial charge in [-0.05, 0) is 24.5 Å². The van der Waals surface area contributed by atoms with Gasteiger partial charge in [0.15, 0.2) is 16.7 Å². The lowest BCUT2D eigenvalue weighted by Crippen LogP contribution is -1.97. The Kier molecular flexibility index (Phi) is 4.40. The highest BCUT2D eigenvalue weighted by molar-refractivity contribution is 7.99. The van der Waals surface area contributed by atoms with E-state index in [1.807, 2.05) is 24.5 Å². The topological polar surface area (TPSA) is 70.3 Å². The van der Waals surface area contributed by atoms with Gasteiger partial charge in [-0.15, -0.1) is 0 Å². The van der Waals surface area contributed by atoms with Crippen molar-refractivity contribution in [2.24, 2.45) is 0 Å². The Balaban J connectivity index is 1.85. The standard InChI is InChI=1S/C14H15N3O2S2/c1-20-14-16-12(15)8-13(17-14)21-9-3-4-10-11(7-9)19-6-2-5-18-10/h3-4,7-8H,2,5-6H2,1H3,(H2,15,16,17). The first kappa shape index (κ1) is 14.3. The summed E-state index contributed by atoms with van der Waals surface area (Å²) >= 11 is 3.00. The summed E-state index contributed by atoms with van der Waals surface area (Å²) < 4.78 is 11.3. The molecule has 1 aliphatic heterocycles. The molecule has 2 N–H and O–H groups in total. The summed E-state index contributed by atoms with van der Waals surface area (Å²) in [5.41, 5.74) is 5.80. The molecule has 2 heterocycles. The van der Waals surface area contributed by atoms with E-state index < -0.39 is 0 Å². The minimum atomic E-state index is 0.478. The van der Waals surface area contributed by atoms with Crippen molar-refractivity contribution >= 4 is 29.3 Å². The predicted molar refractivity (Wildman–Crippen MR) is 84.4 cm³/mol. The number of aromatic nitrogens is 2. The van der Waals surface area contributed by atoms with E-state index in [4.69, 9.17) is 15.2 Å². The molecule has 1 aliphatic rings. The fraction of sp³-hybridized carbons (Fsp3) is 0.286. The van der Waals surface area contributed by atoms with Crippen LogP contribution in [0.3, 0.4) is 0 Å². The predicted octanol–water partition coefficient (Wildman–Crippen LogP) is 3.09. The molecule has 0 fully saturated rings. The molecule has 0 atom stereocenters. The normalized spacial score (nSPS) is 13.8. The molecule has 0 saturated heterocycles. The van der Waals surface area contributed by atoms with Crippen LogP contribution in [0.4, 0.5) is 5.82 Å². The lowest BCUT2D eigenvalue weighted by Gasteiger charge is -2.09. The lowest BCUT2D eigenvalue weighted by molar-refractivity contribution is 0.297. The Morgan fingerprint density at radius 3 is 2.71 bits per heavy atom. The number of hydrogen-bond acceptors (Lipinski definition) is 7. The highest BCUT2D eigenvalue weighted by atomic mass is 32.2. The molecule has 0 radical (unpaired) electrons. The van der Waals surface area contributed by atoms with Crippen LogP contribution in [0.5, 0.6) is 11.5 Å². The van der Waals surface area contributed by atoms with Gasteiger partial charge in [0.2, 0.25) is 0 Å². The Morgan fingerprint density at radius 1 is 1.10 bits per heavy atom. The van der Waals surface area contributed by atoms with Crippen molar-refractivity contribution in [3.05, 3.63) is 24.3 Å². The van der Waals surface area contributed by atoms with Gasteiger partial charge in [-0.1, -0.05) is 23.5 Å². The maximum atomic E-state index is 5.80. The average molecular weight is 321 g/mol. The average Bonchev–Trinajstić information content (AvgIpc) is 2.71. The fourth-order valence-corrected chi connectivity index (χ4v) is 3.19. The van der Waals surface area contributed by atoms with Crippen LogP contribution >= 0.6 is 23.5 Å². The molecule has 21 heavy (non-hydrogen) atoms. The molecule has 1 aromatic heterocycles. The molecule has 1 aromatic carbocycles. The second-order valence-electron chi connectivity index (χ2n) is 4.38. The third kappa shape index (κ3) is 3.54. The van der Waals surface area contributed by atoms with Crippen LogP contribution in [0, 0.1) is 0 Å². The number of anilines is 1. The third-order valence-electron chi connectivity index (χ3n) is 2.83. The van der Waals surface area contributed by atoms with E-state index in [1.54, 1.807) is 6.07 Å². The summed E-state index contributed by atoms with van der Waals surface area (Å²) in [6.07, 6.45) is 2.83. The number of rotatable bonds is 3. The van der Waals surface area contributed by atoms with Gasteiger partial charge in [0.05, 0.1) is 13.2 Å². The zero-order chi connectivity index (χ0) is 14.7. The van der Waals surface area contributed by atoms with Crippen LogP contribution < -0.4 is 15.2 Å². The van der Waals surface area contributed by atoms with Crippen LogP contribution in [0.2, 0.25) is 0 Å². The maximum absolute atomic E-state index is 5.80. The zero-order valence-electron chi connectivity index (χ0n) is 11.5. The van der Waals surface area contributed by atoms with Crippen LogP contribution in [-0.4, -0.2) is 29.4 Å². The first-order valence-electron chi connectivity index (χ1n) is 6.50. The molecule has 0 bridgehead atoms. The van der Waals surface area contributed by atoms with Crippen molar-refractivity contribution in [1.29, 1.82) is 0 Å². The maximum Gasteiger partial charge on any atom is 0.190 e. The van der Waals surface area contributed by atoms with E-state index in [0.29, 0.717) is 24.2 Å². The van der Waals surface area contributed by atoms with E-state index >= 15 is 0 Å². The Labute approximate surface area is 131 Å². The minimum Gasteiger partial charge on any atom is -0.490 e. The van der Waals surface area contributed by atoms with Gasteiger partial charge in [-0.25, -0.2) is 9.97 Å². The smallest absolute Gasteiger partial charge is 0.190 e. The Hall–Kier alpha value is -1.60. The van der Waals surface area contributed by atoms with E-state index in [-0.39, 0.29) is 0 Å². The SMILES string of the molecule is CSc1nc(N)cc(Sc2ccc3c(c2)OCCCO3)n1. The summed E-state index contributed by atoms with van der Waals surface area (Å²) in [6.45, 7) is 1.37. The summed E-state index contributed by atoms with van der Waals surface area (Å²) in [5.74, 6) is 2.06. The molecule has 0 unspecified atom stereocenters. The highest BCUT2D eigenvalue weighted by Crippen LogP contribution is 2.36.